The number of halogens is 1. The Morgan fingerprint density at radius 3 is 2.59 bits per heavy atom. The molecule has 0 saturated carbocycles. The molecule has 1 unspecified atom stereocenters. The highest BCUT2D eigenvalue weighted by atomic mass is 35.5. The molecular formula is C30H34ClN3O4S. The Morgan fingerprint density at radius 1 is 1.13 bits per heavy atom. The monoisotopic (exact) mass is 567 g/mol. The predicted molar refractivity (Wildman–Crippen MR) is 158 cm³/mol. The lowest BCUT2D eigenvalue weighted by molar-refractivity contribution is -0.129. The van der Waals surface area contributed by atoms with E-state index in [1.54, 1.807) is 12.1 Å². The topological polar surface area (TPSA) is 89.0 Å². The van der Waals surface area contributed by atoms with Crippen LogP contribution in [0, 0.1) is 5.92 Å². The van der Waals surface area contributed by atoms with Gasteiger partial charge in [0.15, 0.2) is 11.5 Å². The van der Waals surface area contributed by atoms with Crippen LogP contribution in [-0.4, -0.2) is 30.7 Å². The molecule has 0 bridgehead atoms. The van der Waals surface area contributed by atoms with Crippen LogP contribution in [0.4, 0.5) is 0 Å². The lowest BCUT2D eigenvalue weighted by atomic mass is 10.0. The summed E-state index contributed by atoms with van der Waals surface area (Å²) in [6.45, 7) is 10.2. The number of carbonyl (C=O) groups is 2. The fraction of sp³-hybridized carbons (Fsp3) is 0.300. The van der Waals surface area contributed by atoms with Gasteiger partial charge in [0, 0.05) is 21.0 Å². The average molecular weight is 568 g/mol. The molecule has 7 nitrogen and oxygen atoms in total. The minimum absolute atomic E-state index is 0.120. The number of benzene rings is 2. The Morgan fingerprint density at radius 2 is 1.92 bits per heavy atom. The number of hydrazone groups is 1. The van der Waals surface area contributed by atoms with Gasteiger partial charge in [0.1, 0.15) is 12.6 Å². The van der Waals surface area contributed by atoms with Gasteiger partial charge in [-0.2, -0.15) is 5.10 Å². The van der Waals surface area contributed by atoms with Crippen molar-refractivity contribution in [2.45, 2.75) is 46.3 Å². The molecule has 2 N–H and O–H groups in total. The molecule has 3 rings (SSSR count). The van der Waals surface area contributed by atoms with Gasteiger partial charge in [-0.1, -0.05) is 55.8 Å². The van der Waals surface area contributed by atoms with Crippen LogP contribution in [0.2, 0.25) is 5.02 Å². The van der Waals surface area contributed by atoms with E-state index in [0.717, 1.165) is 16.0 Å². The van der Waals surface area contributed by atoms with E-state index in [9.17, 15) is 9.59 Å². The van der Waals surface area contributed by atoms with Crippen molar-refractivity contribution in [2.24, 2.45) is 11.0 Å². The van der Waals surface area contributed by atoms with E-state index in [4.69, 9.17) is 21.1 Å². The molecule has 2 aromatic carbocycles. The van der Waals surface area contributed by atoms with Gasteiger partial charge in [-0.25, -0.2) is 5.43 Å². The van der Waals surface area contributed by atoms with Gasteiger partial charge in [-0.3, -0.25) is 9.59 Å². The van der Waals surface area contributed by atoms with Crippen molar-refractivity contribution in [1.29, 1.82) is 0 Å². The normalized spacial score (nSPS) is 11.8. The Labute approximate surface area is 238 Å². The number of amides is 2. The second kappa shape index (κ2) is 15.1. The summed E-state index contributed by atoms with van der Waals surface area (Å²) in [5.74, 6) is 0.435. The zero-order valence-corrected chi connectivity index (χ0v) is 24.0. The SMILES string of the molecule is C=CCc1cc(/C=N/NC(=O)C(NC(=O)Cc2cccs2)C(C)C)cc(OCC)c1OCc1ccccc1Cl. The van der Waals surface area contributed by atoms with E-state index in [0.29, 0.717) is 35.1 Å². The highest BCUT2D eigenvalue weighted by Crippen LogP contribution is 2.34. The van der Waals surface area contributed by atoms with Gasteiger partial charge < -0.3 is 14.8 Å². The molecule has 2 amide bonds. The fourth-order valence-corrected chi connectivity index (χ4v) is 4.72. The van der Waals surface area contributed by atoms with E-state index in [1.807, 2.05) is 68.6 Å². The third kappa shape index (κ3) is 8.97. The molecular weight excluding hydrogens is 534 g/mol. The Kier molecular flexibility index (Phi) is 11.6. The van der Waals surface area contributed by atoms with E-state index < -0.39 is 11.9 Å². The molecule has 1 atom stereocenters. The van der Waals surface area contributed by atoms with Crippen molar-refractivity contribution < 1.29 is 19.1 Å². The smallest absolute Gasteiger partial charge is 0.262 e. The first-order valence-electron chi connectivity index (χ1n) is 12.7. The molecule has 0 aliphatic heterocycles. The summed E-state index contributed by atoms with van der Waals surface area (Å²) < 4.78 is 12.0. The summed E-state index contributed by atoms with van der Waals surface area (Å²) >= 11 is 7.80. The van der Waals surface area contributed by atoms with Crippen LogP contribution in [0.15, 0.2) is 71.7 Å². The molecule has 9 heteroatoms. The lowest BCUT2D eigenvalue weighted by Crippen LogP contribution is -2.49. The predicted octanol–water partition coefficient (Wildman–Crippen LogP) is 5.94. The number of nitrogens with one attached hydrogen (secondary N) is 2. The fourth-order valence-electron chi connectivity index (χ4n) is 3.83. The van der Waals surface area contributed by atoms with Crippen molar-refractivity contribution in [2.75, 3.05) is 6.61 Å². The summed E-state index contributed by atoms with van der Waals surface area (Å²) in [4.78, 5) is 26.2. The quantitative estimate of drug-likeness (QED) is 0.143. The van der Waals surface area contributed by atoms with Crippen LogP contribution in [-0.2, 0) is 29.0 Å². The standard InChI is InChI=1S/C30H34ClN3O4S/c1-5-10-22-15-21(16-26(37-6-2)29(22)38-19-23-11-7-8-13-25(23)31)18-32-34-30(36)28(20(3)4)33-27(35)17-24-12-9-14-39-24/h5,7-9,11-16,18,20,28H,1,6,10,17,19H2,2-4H3,(H,33,35)(H,34,36)/b32-18+. The zero-order chi connectivity index (χ0) is 28.2. The van der Waals surface area contributed by atoms with E-state index in [2.05, 4.69) is 22.4 Å². The van der Waals surface area contributed by atoms with Crippen molar-refractivity contribution >= 4 is 41.0 Å². The molecule has 0 saturated heterocycles. The first-order chi connectivity index (χ1) is 18.8. The Balaban J connectivity index is 1.73. The maximum absolute atomic E-state index is 12.8. The summed E-state index contributed by atoms with van der Waals surface area (Å²) in [6.07, 6.45) is 4.09. The van der Waals surface area contributed by atoms with Gasteiger partial charge in [-0.15, -0.1) is 17.9 Å². The zero-order valence-electron chi connectivity index (χ0n) is 22.4. The minimum atomic E-state index is -0.717. The molecule has 206 valence electrons. The van der Waals surface area contributed by atoms with Crippen LogP contribution in [0.3, 0.4) is 0 Å². The number of nitrogens with zero attached hydrogens (tertiary/aromatic N) is 1. The molecule has 0 aliphatic rings. The maximum atomic E-state index is 12.8. The largest absolute Gasteiger partial charge is 0.490 e. The maximum Gasteiger partial charge on any atom is 0.262 e. The summed E-state index contributed by atoms with van der Waals surface area (Å²) in [6, 6.07) is 14.3. The van der Waals surface area contributed by atoms with Gasteiger partial charge in [-0.05, 0) is 54.5 Å². The van der Waals surface area contributed by atoms with Crippen LogP contribution >= 0.6 is 22.9 Å². The first-order valence-corrected chi connectivity index (χ1v) is 14.0. The molecule has 0 spiro atoms. The number of rotatable bonds is 14. The lowest BCUT2D eigenvalue weighted by Gasteiger charge is -2.20. The molecule has 0 radical (unpaired) electrons. The third-order valence-corrected chi connectivity index (χ3v) is 6.96. The van der Waals surface area contributed by atoms with Gasteiger partial charge in [0.05, 0.1) is 19.2 Å². The van der Waals surface area contributed by atoms with Gasteiger partial charge in [0.2, 0.25) is 5.91 Å². The summed E-state index contributed by atoms with van der Waals surface area (Å²) in [5, 5.41) is 9.51. The second-order valence-corrected chi connectivity index (χ2v) is 10.5. The second-order valence-electron chi connectivity index (χ2n) is 9.09. The van der Waals surface area contributed by atoms with Gasteiger partial charge >= 0.3 is 0 Å². The summed E-state index contributed by atoms with van der Waals surface area (Å²) in [5.41, 5.74) is 4.99. The molecule has 0 fully saturated rings. The number of ether oxygens (including phenoxy) is 2. The Bertz CT molecular complexity index is 1290. The molecule has 39 heavy (non-hydrogen) atoms. The van der Waals surface area contributed by atoms with Crippen molar-refractivity contribution in [3.63, 3.8) is 0 Å². The molecule has 3 aromatic rings. The van der Waals surface area contributed by atoms with E-state index in [-0.39, 0.29) is 24.9 Å². The van der Waals surface area contributed by atoms with Crippen LogP contribution < -0.4 is 20.2 Å². The average Bonchev–Trinajstić information content (AvgIpc) is 3.41. The van der Waals surface area contributed by atoms with Crippen molar-refractivity contribution in [3.05, 3.63) is 93.2 Å². The van der Waals surface area contributed by atoms with Crippen LogP contribution in [0.1, 0.15) is 42.3 Å². The minimum Gasteiger partial charge on any atom is -0.490 e. The number of allylic oxidation sites excluding steroid dienone is 1. The van der Waals surface area contributed by atoms with E-state index in [1.165, 1.54) is 17.6 Å². The Hall–Kier alpha value is -3.62. The summed E-state index contributed by atoms with van der Waals surface area (Å²) in [7, 11) is 0. The van der Waals surface area contributed by atoms with Crippen LogP contribution in [0.25, 0.3) is 0 Å². The molecule has 1 heterocycles. The van der Waals surface area contributed by atoms with Crippen LogP contribution in [0.5, 0.6) is 11.5 Å². The number of thiophene rings is 1. The third-order valence-electron chi connectivity index (χ3n) is 5.72. The first kappa shape index (κ1) is 29.9. The molecule has 1 aromatic heterocycles. The van der Waals surface area contributed by atoms with Crippen molar-refractivity contribution in [1.82, 2.24) is 10.7 Å². The number of hydrogen-bond donors (Lipinski definition) is 2. The highest BCUT2D eigenvalue weighted by molar-refractivity contribution is 7.10. The number of carbonyl (C=O) groups excluding carboxylic acids is 2. The number of hydrogen-bond acceptors (Lipinski definition) is 6. The van der Waals surface area contributed by atoms with Crippen molar-refractivity contribution in [3.8, 4) is 11.5 Å². The highest BCUT2D eigenvalue weighted by Gasteiger charge is 2.24. The van der Waals surface area contributed by atoms with E-state index >= 15 is 0 Å². The molecule has 0 aliphatic carbocycles. The van der Waals surface area contributed by atoms with Gasteiger partial charge in [0.25, 0.3) is 5.91 Å².